The fourth-order valence-electron chi connectivity index (χ4n) is 1.62. The lowest BCUT2D eigenvalue weighted by Crippen LogP contribution is -2.07. The van der Waals surface area contributed by atoms with E-state index < -0.39 is 0 Å². The van der Waals surface area contributed by atoms with Crippen molar-refractivity contribution in [3.63, 3.8) is 0 Å². The highest BCUT2D eigenvalue weighted by molar-refractivity contribution is 9.10. The number of rotatable bonds is 4. The highest BCUT2D eigenvalue weighted by Gasteiger charge is 2.08. The van der Waals surface area contributed by atoms with Crippen LogP contribution >= 0.6 is 27.5 Å². The van der Waals surface area contributed by atoms with Crippen LogP contribution in [-0.4, -0.2) is 6.10 Å². The minimum atomic E-state index is 0.0435. The quantitative estimate of drug-likeness (QED) is 0.760. The van der Waals surface area contributed by atoms with Gasteiger partial charge in [0.25, 0.3) is 0 Å². The van der Waals surface area contributed by atoms with Crippen molar-refractivity contribution in [1.29, 1.82) is 0 Å². The molecule has 2 N–H and O–H groups in total. The number of anilines is 1. The van der Waals surface area contributed by atoms with Crippen LogP contribution in [0.2, 0.25) is 5.02 Å². The Morgan fingerprint density at radius 1 is 1.10 bits per heavy atom. The fraction of sp³-hybridized carbons (Fsp3) is 0.200. The summed E-state index contributed by atoms with van der Waals surface area (Å²) >= 11 is 9.48. The minimum Gasteiger partial charge on any atom is -0.489 e. The molecule has 0 amide bonds. The predicted octanol–water partition coefficient (Wildman–Crippen LogP) is 5.26. The van der Waals surface area contributed by atoms with Crippen molar-refractivity contribution >= 4 is 33.2 Å². The third kappa shape index (κ3) is 3.81. The van der Waals surface area contributed by atoms with Gasteiger partial charge in [0.05, 0.1) is 16.8 Å². The summed E-state index contributed by atoms with van der Waals surface area (Å²) in [5.41, 5.74) is 6.45. The first kappa shape index (κ1) is 15.0. The third-order valence-corrected chi connectivity index (χ3v) is 3.27. The van der Waals surface area contributed by atoms with Crippen LogP contribution in [0, 0.1) is 0 Å². The highest BCUT2D eigenvalue weighted by Crippen LogP contribution is 2.35. The molecule has 0 fully saturated rings. The van der Waals surface area contributed by atoms with Gasteiger partial charge in [0, 0.05) is 10.5 Å². The van der Waals surface area contributed by atoms with E-state index in [0.717, 1.165) is 4.47 Å². The molecule has 0 unspecified atom stereocenters. The summed E-state index contributed by atoms with van der Waals surface area (Å²) in [6.07, 6.45) is 0.0435. The average molecular weight is 357 g/mol. The summed E-state index contributed by atoms with van der Waals surface area (Å²) in [5.74, 6) is 1.79. The number of nitrogens with two attached hydrogens (primary N) is 1. The van der Waals surface area contributed by atoms with Crippen molar-refractivity contribution in [2.75, 3.05) is 5.73 Å². The molecule has 2 rings (SSSR count). The van der Waals surface area contributed by atoms with Crippen molar-refractivity contribution in [3.8, 4) is 17.2 Å². The zero-order valence-electron chi connectivity index (χ0n) is 11.2. The first-order valence-electron chi connectivity index (χ1n) is 6.15. The monoisotopic (exact) mass is 355 g/mol. The lowest BCUT2D eigenvalue weighted by molar-refractivity contribution is 0.243. The summed E-state index contributed by atoms with van der Waals surface area (Å²) in [4.78, 5) is 0. The van der Waals surface area contributed by atoms with Gasteiger partial charge >= 0.3 is 0 Å². The first-order valence-corrected chi connectivity index (χ1v) is 7.32. The Morgan fingerprint density at radius 3 is 2.55 bits per heavy atom. The molecule has 0 radical (unpaired) electrons. The predicted molar refractivity (Wildman–Crippen MR) is 85.8 cm³/mol. The Kier molecular flexibility index (Phi) is 4.78. The van der Waals surface area contributed by atoms with Crippen LogP contribution in [-0.2, 0) is 0 Å². The zero-order chi connectivity index (χ0) is 14.7. The van der Waals surface area contributed by atoms with Crippen LogP contribution in [0.4, 0.5) is 5.69 Å². The number of benzene rings is 2. The largest absolute Gasteiger partial charge is 0.489 e. The van der Waals surface area contributed by atoms with E-state index in [9.17, 15) is 0 Å². The van der Waals surface area contributed by atoms with Gasteiger partial charge in [-0.15, -0.1) is 0 Å². The van der Waals surface area contributed by atoms with Gasteiger partial charge in [0.1, 0.15) is 17.2 Å². The molecule has 0 aliphatic heterocycles. The molecule has 106 valence electrons. The molecular formula is C15H15BrClNO2. The van der Waals surface area contributed by atoms with Crippen LogP contribution in [0.25, 0.3) is 0 Å². The number of halogens is 2. The van der Waals surface area contributed by atoms with E-state index in [2.05, 4.69) is 15.9 Å². The van der Waals surface area contributed by atoms with Gasteiger partial charge in [0.15, 0.2) is 0 Å². The van der Waals surface area contributed by atoms with Crippen LogP contribution in [0.5, 0.6) is 17.2 Å². The molecular weight excluding hydrogens is 342 g/mol. The number of nitrogen functional groups attached to an aromatic ring is 1. The smallest absolute Gasteiger partial charge is 0.147 e. The summed E-state index contributed by atoms with van der Waals surface area (Å²) < 4.78 is 12.3. The van der Waals surface area contributed by atoms with Crippen molar-refractivity contribution in [3.05, 3.63) is 45.9 Å². The molecule has 0 aromatic heterocycles. The minimum absolute atomic E-state index is 0.0435. The zero-order valence-corrected chi connectivity index (χ0v) is 13.5. The SMILES string of the molecule is CC(C)Oc1cc(Oc2cc(Br)ccc2Cl)ccc1N. The summed E-state index contributed by atoms with van der Waals surface area (Å²) in [7, 11) is 0. The molecule has 0 aliphatic rings. The van der Waals surface area contributed by atoms with Gasteiger partial charge in [0.2, 0.25) is 0 Å². The van der Waals surface area contributed by atoms with Crippen LogP contribution in [0.3, 0.4) is 0 Å². The van der Waals surface area contributed by atoms with Crippen molar-refractivity contribution in [2.24, 2.45) is 0 Å². The second kappa shape index (κ2) is 6.37. The molecule has 0 heterocycles. The second-order valence-electron chi connectivity index (χ2n) is 4.54. The van der Waals surface area contributed by atoms with E-state index in [4.69, 9.17) is 26.8 Å². The molecule has 2 aromatic carbocycles. The van der Waals surface area contributed by atoms with Gasteiger partial charge in [-0.25, -0.2) is 0 Å². The molecule has 0 saturated heterocycles. The molecule has 0 bridgehead atoms. The maximum Gasteiger partial charge on any atom is 0.147 e. The standard InChI is InChI=1S/C15H15BrClNO2/c1-9(2)19-15-8-11(4-6-13(15)18)20-14-7-10(16)3-5-12(14)17/h3-9H,18H2,1-2H3. The fourth-order valence-corrected chi connectivity index (χ4v) is 2.11. The summed E-state index contributed by atoms with van der Waals surface area (Å²) in [6, 6.07) is 10.7. The van der Waals surface area contributed by atoms with E-state index in [-0.39, 0.29) is 6.10 Å². The number of ether oxygens (including phenoxy) is 2. The topological polar surface area (TPSA) is 44.5 Å². The number of hydrogen-bond donors (Lipinski definition) is 1. The Morgan fingerprint density at radius 2 is 1.85 bits per heavy atom. The summed E-state index contributed by atoms with van der Waals surface area (Å²) in [6.45, 7) is 3.89. The van der Waals surface area contributed by atoms with Crippen molar-refractivity contribution in [2.45, 2.75) is 20.0 Å². The molecule has 2 aromatic rings. The Labute approximate surface area is 131 Å². The summed E-state index contributed by atoms with van der Waals surface area (Å²) in [5, 5.41) is 0.538. The molecule has 0 aliphatic carbocycles. The van der Waals surface area contributed by atoms with E-state index >= 15 is 0 Å². The molecule has 0 saturated carbocycles. The van der Waals surface area contributed by atoms with Crippen LogP contribution < -0.4 is 15.2 Å². The van der Waals surface area contributed by atoms with E-state index in [1.165, 1.54) is 0 Å². The maximum absolute atomic E-state index is 6.10. The first-order chi connectivity index (χ1) is 9.45. The third-order valence-electron chi connectivity index (χ3n) is 2.47. The number of hydrogen-bond acceptors (Lipinski definition) is 3. The van der Waals surface area contributed by atoms with Crippen LogP contribution in [0.1, 0.15) is 13.8 Å². The van der Waals surface area contributed by atoms with E-state index in [0.29, 0.717) is 28.0 Å². The van der Waals surface area contributed by atoms with E-state index in [1.54, 1.807) is 24.3 Å². The van der Waals surface area contributed by atoms with Gasteiger partial charge in [-0.2, -0.15) is 0 Å². The van der Waals surface area contributed by atoms with Crippen LogP contribution in [0.15, 0.2) is 40.9 Å². The lowest BCUT2D eigenvalue weighted by Gasteiger charge is -2.14. The Bertz CT molecular complexity index is 617. The molecule has 0 atom stereocenters. The average Bonchev–Trinajstić information content (AvgIpc) is 2.37. The molecule has 5 heteroatoms. The molecule has 3 nitrogen and oxygen atoms in total. The van der Waals surface area contributed by atoms with Gasteiger partial charge in [-0.05, 0) is 44.2 Å². The second-order valence-corrected chi connectivity index (χ2v) is 5.87. The highest BCUT2D eigenvalue weighted by atomic mass is 79.9. The van der Waals surface area contributed by atoms with Crippen molar-refractivity contribution < 1.29 is 9.47 Å². The lowest BCUT2D eigenvalue weighted by atomic mass is 10.2. The van der Waals surface area contributed by atoms with Gasteiger partial charge < -0.3 is 15.2 Å². The normalized spacial score (nSPS) is 10.7. The van der Waals surface area contributed by atoms with Gasteiger partial charge in [-0.3, -0.25) is 0 Å². The molecule has 0 spiro atoms. The molecule has 20 heavy (non-hydrogen) atoms. The van der Waals surface area contributed by atoms with Gasteiger partial charge in [-0.1, -0.05) is 27.5 Å². The van der Waals surface area contributed by atoms with E-state index in [1.807, 2.05) is 26.0 Å². The maximum atomic E-state index is 6.10. The van der Waals surface area contributed by atoms with Crippen molar-refractivity contribution in [1.82, 2.24) is 0 Å². The Hall–Kier alpha value is -1.39. The Balaban J connectivity index is 2.27.